The number of hydrogen-bond donors (Lipinski definition) is 2. The molecule has 0 saturated carbocycles. The molecule has 0 bridgehead atoms. The zero-order chi connectivity index (χ0) is 19.4. The number of thioether (sulfide) groups is 1. The van der Waals surface area contributed by atoms with Gasteiger partial charge in [0.25, 0.3) is 5.22 Å². The van der Waals surface area contributed by atoms with Crippen molar-refractivity contribution < 1.29 is 17.6 Å². The van der Waals surface area contributed by atoms with Crippen molar-refractivity contribution in [2.75, 3.05) is 5.32 Å². The second-order valence-corrected chi connectivity index (χ2v) is 8.41. The number of carbonyl (C=O) groups excluding carboxylic acids is 1. The highest BCUT2D eigenvalue weighted by Crippen LogP contribution is 2.26. The Hall–Kier alpha value is -2.69. The number of hydrogen-bond acceptors (Lipinski definition) is 7. The van der Waals surface area contributed by atoms with E-state index in [9.17, 15) is 13.2 Å². The molecule has 3 rings (SSSR count). The van der Waals surface area contributed by atoms with E-state index in [2.05, 4.69) is 15.5 Å². The fourth-order valence-corrected chi connectivity index (χ4v) is 3.40. The molecule has 3 N–H and O–H groups in total. The van der Waals surface area contributed by atoms with Crippen molar-refractivity contribution in [1.29, 1.82) is 0 Å². The third kappa shape index (κ3) is 4.94. The molecule has 1 amide bonds. The second kappa shape index (κ2) is 7.91. The molecule has 0 fully saturated rings. The van der Waals surface area contributed by atoms with E-state index < -0.39 is 15.3 Å². The Kier molecular flexibility index (Phi) is 5.59. The number of rotatable bonds is 6. The lowest BCUT2D eigenvalue weighted by molar-refractivity contribution is -0.115. The van der Waals surface area contributed by atoms with Gasteiger partial charge in [-0.25, -0.2) is 13.6 Å². The molecule has 0 aliphatic carbocycles. The number of primary sulfonamides is 1. The highest BCUT2D eigenvalue weighted by Gasteiger charge is 2.19. The van der Waals surface area contributed by atoms with Crippen LogP contribution in [0, 0.1) is 0 Å². The number of nitrogens with zero attached hydrogens (tertiary/aromatic N) is 2. The molecule has 0 radical (unpaired) electrons. The number of nitrogens with two attached hydrogens (primary N) is 1. The molecule has 1 heterocycles. The molecule has 0 saturated heterocycles. The normalized spacial score (nSPS) is 12.5. The maximum atomic E-state index is 12.4. The first kappa shape index (κ1) is 19.1. The maximum Gasteiger partial charge on any atom is 0.277 e. The van der Waals surface area contributed by atoms with Gasteiger partial charge in [0, 0.05) is 11.3 Å². The Balaban J connectivity index is 1.66. The van der Waals surface area contributed by atoms with E-state index in [1.165, 1.54) is 18.2 Å². The predicted molar refractivity (Wildman–Crippen MR) is 101 cm³/mol. The number of carbonyl (C=O) groups is 1. The van der Waals surface area contributed by atoms with Crippen LogP contribution in [0.2, 0.25) is 0 Å². The van der Waals surface area contributed by atoms with E-state index in [0.29, 0.717) is 11.6 Å². The van der Waals surface area contributed by atoms with Crippen molar-refractivity contribution in [2.24, 2.45) is 5.14 Å². The minimum Gasteiger partial charge on any atom is -0.411 e. The summed E-state index contributed by atoms with van der Waals surface area (Å²) in [7, 11) is -3.84. The fraction of sp³-hybridized carbons (Fsp3) is 0.118. The Morgan fingerprint density at radius 2 is 1.89 bits per heavy atom. The molecule has 140 valence electrons. The molecule has 0 spiro atoms. The van der Waals surface area contributed by atoms with E-state index in [1.807, 2.05) is 30.3 Å². The molecule has 2 aromatic carbocycles. The summed E-state index contributed by atoms with van der Waals surface area (Å²) in [6.07, 6.45) is 0. The van der Waals surface area contributed by atoms with Crippen LogP contribution in [0.15, 0.2) is 69.1 Å². The molecular formula is C17H16N4O4S2. The van der Waals surface area contributed by atoms with Crippen molar-refractivity contribution in [3.8, 4) is 11.5 Å². The average molecular weight is 404 g/mol. The van der Waals surface area contributed by atoms with Crippen LogP contribution in [0.1, 0.15) is 6.92 Å². The van der Waals surface area contributed by atoms with Gasteiger partial charge >= 0.3 is 0 Å². The topological polar surface area (TPSA) is 128 Å². The van der Waals surface area contributed by atoms with Gasteiger partial charge in [0.1, 0.15) is 0 Å². The SMILES string of the molecule is C[C@@H](Sc1nnc(-c2ccccc2)o1)C(=O)Nc1cccc(S(N)(=O)=O)c1. The minimum atomic E-state index is -3.84. The summed E-state index contributed by atoms with van der Waals surface area (Å²) in [6.45, 7) is 1.68. The van der Waals surface area contributed by atoms with Gasteiger partial charge in [0.05, 0.1) is 10.1 Å². The van der Waals surface area contributed by atoms with Crippen molar-refractivity contribution in [1.82, 2.24) is 10.2 Å². The van der Waals surface area contributed by atoms with E-state index in [0.717, 1.165) is 17.3 Å². The van der Waals surface area contributed by atoms with Crippen molar-refractivity contribution in [2.45, 2.75) is 22.3 Å². The van der Waals surface area contributed by atoms with Crippen molar-refractivity contribution in [3.63, 3.8) is 0 Å². The molecule has 1 aromatic heterocycles. The third-order valence-corrected chi connectivity index (χ3v) is 5.35. The van der Waals surface area contributed by atoms with Crippen LogP contribution in [0.3, 0.4) is 0 Å². The lowest BCUT2D eigenvalue weighted by Gasteiger charge is -2.10. The van der Waals surface area contributed by atoms with Gasteiger partial charge in [0.15, 0.2) is 0 Å². The summed E-state index contributed by atoms with van der Waals surface area (Å²) in [5.74, 6) is 0.0255. The number of aromatic nitrogens is 2. The molecule has 0 unspecified atom stereocenters. The van der Waals surface area contributed by atoms with E-state index in [1.54, 1.807) is 13.0 Å². The van der Waals surface area contributed by atoms with Crippen LogP contribution in [-0.4, -0.2) is 29.8 Å². The quantitative estimate of drug-likeness (QED) is 0.604. The van der Waals surface area contributed by atoms with Crippen molar-refractivity contribution >= 4 is 33.4 Å². The Morgan fingerprint density at radius 3 is 2.59 bits per heavy atom. The maximum absolute atomic E-state index is 12.4. The number of nitrogens with one attached hydrogen (secondary N) is 1. The zero-order valence-corrected chi connectivity index (χ0v) is 15.8. The minimum absolute atomic E-state index is 0.0787. The highest BCUT2D eigenvalue weighted by molar-refractivity contribution is 8.00. The Bertz CT molecular complexity index is 1050. The lowest BCUT2D eigenvalue weighted by Crippen LogP contribution is -2.22. The average Bonchev–Trinajstić information content (AvgIpc) is 3.10. The zero-order valence-electron chi connectivity index (χ0n) is 14.2. The van der Waals surface area contributed by atoms with Gasteiger partial charge < -0.3 is 9.73 Å². The first-order valence-corrected chi connectivity index (χ1v) is 10.2. The summed E-state index contributed by atoms with van der Waals surface area (Å²) in [6, 6.07) is 15.0. The predicted octanol–water partition coefficient (Wildman–Crippen LogP) is 2.50. The van der Waals surface area contributed by atoms with Crippen LogP contribution in [0.25, 0.3) is 11.5 Å². The fourth-order valence-electron chi connectivity index (χ4n) is 2.15. The number of anilines is 1. The second-order valence-electron chi connectivity index (χ2n) is 5.56. The van der Waals surface area contributed by atoms with Gasteiger partial charge in [-0.2, -0.15) is 0 Å². The first-order valence-electron chi connectivity index (χ1n) is 7.82. The smallest absolute Gasteiger partial charge is 0.277 e. The van der Waals surface area contributed by atoms with E-state index in [4.69, 9.17) is 9.56 Å². The van der Waals surface area contributed by atoms with E-state index >= 15 is 0 Å². The summed E-state index contributed by atoms with van der Waals surface area (Å²) < 4.78 is 28.4. The van der Waals surface area contributed by atoms with Crippen LogP contribution in [0.4, 0.5) is 5.69 Å². The molecule has 0 aliphatic heterocycles. The third-order valence-electron chi connectivity index (χ3n) is 3.50. The first-order chi connectivity index (χ1) is 12.8. The van der Waals surface area contributed by atoms with Crippen LogP contribution in [0.5, 0.6) is 0 Å². The van der Waals surface area contributed by atoms with E-state index in [-0.39, 0.29) is 16.0 Å². The van der Waals surface area contributed by atoms with Gasteiger partial charge in [-0.15, -0.1) is 10.2 Å². The largest absolute Gasteiger partial charge is 0.411 e. The molecule has 27 heavy (non-hydrogen) atoms. The Morgan fingerprint density at radius 1 is 1.15 bits per heavy atom. The standard InChI is InChI=1S/C17H16N4O4S2/c1-11(15(22)19-13-8-5-9-14(10-13)27(18,23)24)26-17-21-20-16(25-17)12-6-3-2-4-7-12/h2-11H,1H3,(H,19,22)(H2,18,23,24)/t11-/m1/s1. The van der Waals surface area contributed by atoms with Gasteiger partial charge in [-0.05, 0) is 37.3 Å². The van der Waals surface area contributed by atoms with Gasteiger partial charge in [0.2, 0.25) is 21.8 Å². The monoisotopic (exact) mass is 404 g/mol. The highest BCUT2D eigenvalue weighted by atomic mass is 32.2. The van der Waals surface area contributed by atoms with Gasteiger partial charge in [-0.3, -0.25) is 4.79 Å². The van der Waals surface area contributed by atoms with Gasteiger partial charge in [-0.1, -0.05) is 36.0 Å². The number of sulfonamides is 1. The van der Waals surface area contributed by atoms with Crippen LogP contribution >= 0.6 is 11.8 Å². The summed E-state index contributed by atoms with van der Waals surface area (Å²) in [4.78, 5) is 12.3. The van der Waals surface area contributed by atoms with Crippen molar-refractivity contribution in [3.05, 3.63) is 54.6 Å². The lowest BCUT2D eigenvalue weighted by atomic mass is 10.2. The number of benzene rings is 2. The summed E-state index contributed by atoms with van der Waals surface area (Å²) >= 11 is 1.10. The molecule has 8 nitrogen and oxygen atoms in total. The molecule has 10 heteroatoms. The molecule has 0 aliphatic rings. The Labute approximate surface area is 160 Å². The summed E-state index contributed by atoms with van der Waals surface area (Å²) in [5.41, 5.74) is 1.11. The molecular weight excluding hydrogens is 388 g/mol. The molecule has 1 atom stereocenters. The van der Waals surface area contributed by atoms with Crippen LogP contribution in [-0.2, 0) is 14.8 Å². The number of amides is 1. The van der Waals surface area contributed by atoms with Crippen LogP contribution < -0.4 is 10.5 Å². The molecule has 3 aromatic rings. The summed E-state index contributed by atoms with van der Waals surface area (Å²) in [5, 5.41) is 15.4.